The maximum absolute atomic E-state index is 13.0. The molecule has 3 aromatic carbocycles. The second kappa shape index (κ2) is 5.62. The molecular formula is C25H19NO. The number of carbonyl (C=O) groups excluding carboxylic acids is 1. The first-order valence-electron chi connectivity index (χ1n) is 10.4. The third-order valence-electron chi connectivity index (χ3n) is 5.21. The standard InChI is InChI=1S/C25H19NO/c1-14-4-5-19-21(11-14)22-12-17-6-7-26-24(20(17)13-23(22)25(19)27)18-9-15(2)8-16(3)10-18/h4-13H,1-3H3/i2D3. The van der Waals surface area contributed by atoms with Crippen LogP contribution in [-0.4, -0.2) is 10.8 Å². The summed E-state index contributed by atoms with van der Waals surface area (Å²) in [6, 6.07) is 17.1. The van der Waals surface area contributed by atoms with Crippen molar-refractivity contribution in [3.63, 3.8) is 0 Å². The summed E-state index contributed by atoms with van der Waals surface area (Å²) in [5.74, 6) is 0.0177. The summed E-state index contributed by atoms with van der Waals surface area (Å²) in [7, 11) is 0. The molecule has 0 N–H and O–H groups in total. The van der Waals surface area contributed by atoms with Crippen molar-refractivity contribution in [2.24, 2.45) is 0 Å². The van der Waals surface area contributed by atoms with Crippen LogP contribution in [0.2, 0.25) is 0 Å². The van der Waals surface area contributed by atoms with E-state index in [0.717, 1.165) is 44.2 Å². The number of aryl methyl sites for hydroxylation is 3. The molecule has 1 aromatic heterocycles. The van der Waals surface area contributed by atoms with Crippen LogP contribution in [0.1, 0.15) is 36.7 Å². The van der Waals surface area contributed by atoms with Gasteiger partial charge >= 0.3 is 0 Å². The third kappa shape index (κ3) is 2.41. The summed E-state index contributed by atoms with van der Waals surface area (Å²) in [5, 5.41) is 1.81. The predicted molar refractivity (Wildman–Crippen MR) is 110 cm³/mol. The summed E-state index contributed by atoms with van der Waals surface area (Å²) in [6.07, 6.45) is 1.73. The summed E-state index contributed by atoms with van der Waals surface area (Å²) in [4.78, 5) is 17.6. The zero-order valence-corrected chi connectivity index (χ0v) is 15.1. The summed E-state index contributed by atoms with van der Waals surface area (Å²) in [6.45, 7) is 1.71. The van der Waals surface area contributed by atoms with E-state index in [4.69, 9.17) is 4.11 Å². The Morgan fingerprint density at radius 3 is 2.44 bits per heavy atom. The number of nitrogens with zero attached hydrogens (tertiary/aromatic N) is 1. The quantitative estimate of drug-likeness (QED) is 0.368. The van der Waals surface area contributed by atoms with Crippen LogP contribution in [0, 0.1) is 20.7 Å². The van der Waals surface area contributed by atoms with Crippen molar-refractivity contribution in [3.8, 4) is 22.4 Å². The Morgan fingerprint density at radius 2 is 1.59 bits per heavy atom. The van der Waals surface area contributed by atoms with Crippen molar-refractivity contribution in [2.75, 3.05) is 0 Å². The van der Waals surface area contributed by atoms with Crippen molar-refractivity contribution in [1.82, 2.24) is 4.98 Å². The fourth-order valence-electron chi connectivity index (χ4n) is 4.01. The Bertz CT molecular complexity index is 1370. The monoisotopic (exact) mass is 352 g/mol. The number of pyridine rings is 1. The molecule has 0 unspecified atom stereocenters. The molecule has 27 heavy (non-hydrogen) atoms. The van der Waals surface area contributed by atoms with E-state index in [1.807, 2.05) is 50.2 Å². The number of rotatable bonds is 1. The maximum atomic E-state index is 13.0. The highest BCUT2D eigenvalue weighted by molar-refractivity contribution is 6.23. The number of fused-ring (bicyclic) bond motifs is 4. The van der Waals surface area contributed by atoms with Gasteiger partial charge in [-0.2, -0.15) is 0 Å². The van der Waals surface area contributed by atoms with Crippen LogP contribution in [0.5, 0.6) is 0 Å². The van der Waals surface area contributed by atoms with Crippen LogP contribution in [0.25, 0.3) is 33.2 Å². The lowest BCUT2D eigenvalue weighted by atomic mass is 9.96. The molecule has 1 aliphatic rings. The lowest BCUT2D eigenvalue weighted by molar-refractivity contribution is 0.104. The molecule has 0 amide bonds. The molecule has 2 nitrogen and oxygen atoms in total. The molecule has 0 radical (unpaired) electrons. The van der Waals surface area contributed by atoms with Crippen LogP contribution in [0.4, 0.5) is 0 Å². The van der Waals surface area contributed by atoms with E-state index in [0.29, 0.717) is 11.3 Å². The Hall–Kier alpha value is -3.26. The highest BCUT2D eigenvalue weighted by atomic mass is 16.1. The van der Waals surface area contributed by atoms with Gasteiger partial charge in [0, 0.05) is 32.4 Å². The predicted octanol–water partition coefficient (Wildman–Crippen LogP) is 6.04. The summed E-state index contributed by atoms with van der Waals surface area (Å²) < 4.78 is 23.3. The maximum Gasteiger partial charge on any atom is 0.194 e. The second-order valence-electron chi connectivity index (χ2n) is 7.24. The van der Waals surface area contributed by atoms with Gasteiger partial charge in [0.15, 0.2) is 5.78 Å². The highest BCUT2D eigenvalue weighted by Crippen LogP contribution is 2.41. The molecule has 0 saturated heterocycles. The van der Waals surface area contributed by atoms with Crippen molar-refractivity contribution in [3.05, 3.63) is 88.6 Å². The van der Waals surface area contributed by atoms with Gasteiger partial charge in [0.05, 0.1) is 5.69 Å². The van der Waals surface area contributed by atoms with E-state index >= 15 is 0 Å². The first kappa shape index (κ1) is 13.0. The molecule has 1 heterocycles. The van der Waals surface area contributed by atoms with Gasteiger partial charge in [-0.3, -0.25) is 9.78 Å². The van der Waals surface area contributed by atoms with Gasteiger partial charge in [0.1, 0.15) is 0 Å². The van der Waals surface area contributed by atoms with E-state index in [9.17, 15) is 4.79 Å². The molecule has 0 spiro atoms. The molecule has 0 atom stereocenters. The number of hydrogen-bond donors (Lipinski definition) is 0. The molecule has 0 fully saturated rings. The van der Waals surface area contributed by atoms with Gasteiger partial charge in [0.2, 0.25) is 0 Å². The zero-order valence-electron chi connectivity index (χ0n) is 18.1. The fraction of sp³-hybridized carbons (Fsp3) is 0.120. The smallest absolute Gasteiger partial charge is 0.194 e. The fourth-order valence-corrected chi connectivity index (χ4v) is 4.01. The van der Waals surface area contributed by atoms with Crippen LogP contribution >= 0.6 is 0 Å². The first-order chi connectivity index (χ1) is 14.2. The number of benzene rings is 3. The summed E-state index contributed by atoms with van der Waals surface area (Å²) >= 11 is 0. The van der Waals surface area contributed by atoms with Crippen molar-refractivity contribution >= 4 is 16.6 Å². The van der Waals surface area contributed by atoms with Crippen molar-refractivity contribution in [2.45, 2.75) is 20.7 Å². The SMILES string of the molecule is [2H]C([2H])([2H])c1cc(C)cc(-c2nccc3cc4c(cc23)C(=O)c2ccc(C)cc2-4)c1. The molecule has 4 aromatic rings. The van der Waals surface area contributed by atoms with Gasteiger partial charge in [-0.25, -0.2) is 0 Å². The number of hydrogen-bond acceptors (Lipinski definition) is 2. The molecule has 0 bridgehead atoms. The molecule has 5 rings (SSSR count). The number of carbonyl (C=O) groups is 1. The van der Waals surface area contributed by atoms with Crippen LogP contribution < -0.4 is 0 Å². The second-order valence-corrected chi connectivity index (χ2v) is 7.24. The van der Waals surface area contributed by atoms with Crippen molar-refractivity contribution in [1.29, 1.82) is 0 Å². The normalized spacial score (nSPS) is 14.4. The Kier molecular flexibility index (Phi) is 2.70. The average molecular weight is 352 g/mol. The van der Waals surface area contributed by atoms with Gasteiger partial charge in [-0.1, -0.05) is 41.0 Å². The van der Waals surface area contributed by atoms with E-state index < -0.39 is 6.85 Å². The topological polar surface area (TPSA) is 30.0 Å². The minimum atomic E-state index is -2.19. The molecular weight excluding hydrogens is 330 g/mol. The largest absolute Gasteiger partial charge is 0.289 e. The minimum Gasteiger partial charge on any atom is -0.289 e. The van der Waals surface area contributed by atoms with E-state index in [2.05, 4.69) is 11.1 Å². The van der Waals surface area contributed by atoms with Crippen LogP contribution in [0.15, 0.2) is 60.8 Å². The van der Waals surface area contributed by atoms with Crippen molar-refractivity contribution < 1.29 is 8.91 Å². The highest BCUT2D eigenvalue weighted by Gasteiger charge is 2.27. The molecule has 0 aliphatic heterocycles. The average Bonchev–Trinajstić information content (AvgIpc) is 2.96. The molecule has 130 valence electrons. The molecule has 0 saturated carbocycles. The zero-order chi connectivity index (χ0) is 21.2. The van der Waals surface area contributed by atoms with Crippen LogP contribution in [0.3, 0.4) is 0 Å². The van der Waals surface area contributed by atoms with Gasteiger partial charge < -0.3 is 0 Å². The van der Waals surface area contributed by atoms with Gasteiger partial charge in [0.25, 0.3) is 0 Å². The minimum absolute atomic E-state index is 0.0177. The number of aromatic nitrogens is 1. The van der Waals surface area contributed by atoms with E-state index in [1.165, 1.54) is 0 Å². The Morgan fingerprint density at radius 1 is 0.778 bits per heavy atom. The molecule has 1 aliphatic carbocycles. The van der Waals surface area contributed by atoms with E-state index in [-0.39, 0.29) is 11.3 Å². The first-order valence-corrected chi connectivity index (χ1v) is 8.93. The summed E-state index contributed by atoms with van der Waals surface area (Å²) in [5.41, 5.74) is 6.98. The van der Waals surface area contributed by atoms with Gasteiger partial charge in [-0.15, -0.1) is 0 Å². The van der Waals surface area contributed by atoms with E-state index in [1.54, 1.807) is 18.3 Å². The number of ketones is 1. The lowest BCUT2D eigenvalue weighted by Crippen LogP contribution is -1.96. The van der Waals surface area contributed by atoms with Gasteiger partial charge in [-0.05, 0) is 67.5 Å². The Balaban J connectivity index is 1.76. The Labute approximate surface area is 162 Å². The molecule has 2 heteroatoms. The van der Waals surface area contributed by atoms with Crippen LogP contribution in [-0.2, 0) is 0 Å². The third-order valence-corrected chi connectivity index (χ3v) is 5.21. The lowest BCUT2D eigenvalue weighted by Gasteiger charge is -2.10.